The molecule has 0 heterocycles. The fraction of sp³-hybridized carbons (Fsp3) is 0.0333. The molecule has 1 atom stereocenters. The highest BCUT2D eigenvalue weighted by molar-refractivity contribution is 5.83. The molecule has 0 saturated carbocycles. The Kier molecular flexibility index (Phi) is 10.9. The van der Waals surface area contributed by atoms with Crippen molar-refractivity contribution < 1.29 is 0 Å². The molecule has 0 N–H and O–H groups in total. The Labute approximate surface area is 365 Å². The predicted molar refractivity (Wildman–Crippen MR) is 263 cm³/mol. The summed E-state index contributed by atoms with van der Waals surface area (Å²) in [6.45, 7) is 0. The number of hydrogen-bond acceptors (Lipinski definition) is 2. The van der Waals surface area contributed by atoms with Crippen LogP contribution in [0.1, 0.15) is 12.0 Å². The number of hydrogen-bond donors (Lipinski definition) is 0. The van der Waals surface area contributed by atoms with Crippen LogP contribution in [0.2, 0.25) is 0 Å². The van der Waals surface area contributed by atoms with Gasteiger partial charge in [-0.15, -0.1) is 0 Å². The molecular weight excluding hydrogens is 749 g/mol. The molecule has 10 rings (SSSR count). The minimum absolute atomic E-state index is 0.190. The van der Waals surface area contributed by atoms with Crippen molar-refractivity contribution in [2.45, 2.75) is 12.5 Å². The monoisotopic (exact) mass is 794 g/mol. The van der Waals surface area contributed by atoms with Crippen molar-refractivity contribution in [2.75, 3.05) is 9.80 Å². The highest BCUT2D eigenvalue weighted by Crippen LogP contribution is 2.38. The Morgan fingerprint density at radius 1 is 0.290 bits per heavy atom. The van der Waals surface area contributed by atoms with Gasteiger partial charge >= 0.3 is 0 Å². The first-order chi connectivity index (χ1) is 30.7. The molecule has 0 aromatic heterocycles. The number of nitrogens with zero attached hydrogens (tertiary/aromatic N) is 2. The number of anilines is 5. The van der Waals surface area contributed by atoms with Gasteiger partial charge < -0.3 is 9.80 Å². The predicted octanol–water partition coefficient (Wildman–Crippen LogP) is 16.4. The summed E-state index contributed by atoms with van der Waals surface area (Å²) in [5.41, 5.74) is 17.8. The lowest BCUT2D eigenvalue weighted by molar-refractivity contribution is 0.787. The van der Waals surface area contributed by atoms with E-state index < -0.39 is 0 Å². The average molecular weight is 795 g/mol. The van der Waals surface area contributed by atoms with Crippen LogP contribution in [-0.4, -0.2) is 6.04 Å². The largest absolute Gasteiger partial charge is 0.334 e. The molecule has 62 heavy (non-hydrogen) atoms. The van der Waals surface area contributed by atoms with E-state index in [9.17, 15) is 0 Å². The highest BCUT2D eigenvalue weighted by atomic mass is 15.2. The van der Waals surface area contributed by atoms with Crippen LogP contribution in [0.5, 0.6) is 0 Å². The summed E-state index contributed by atoms with van der Waals surface area (Å²) in [6.07, 6.45) is 7.96. The SMILES string of the molecule is C1=CC(N(c2ccccc2)c2ccc(-c3ccccc3)cc2)CC=C1c1cccc(-c2cccc(-c3ccc(N(c4ccccc4)c4ccc(-c5ccccc5)cc4)cc3)c2)c1. The van der Waals surface area contributed by atoms with E-state index in [1.165, 1.54) is 67.0 Å². The second-order valence-electron chi connectivity index (χ2n) is 15.7. The molecule has 0 radical (unpaired) electrons. The smallest absolute Gasteiger partial charge is 0.0560 e. The summed E-state index contributed by atoms with van der Waals surface area (Å²) < 4.78 is 0. The molecule has 0 saturated heterocycles. The van der Waals surface area contributed by atoms with Crippen LogP contribution < -0.4 is 9.80 Å². The van der Waals surface area contributed by atoms with Gasteiger partial charge in [-0.1, -0.05) is 188 Å². The molecule has 0 bridgehead atoms. The maximum atomic E-state index is 2.45. The molecule has 296 valence electrons. The lowest BCUT2D eigenvalue weighted by Crippen LogP contribution is -2.30. The lowest BCUT2D eigenvalue weighted by Gasteiger charge is -2.33. The Balaban J connectivity index is 0.875. The van der Waals surface area contributed by atoms with Crippen molar-refractivity contribution in [3.63, 3.8) is 0 Å². The molecule has 1 unspecified atom stereocenters. The van der Waals surface area contributed by atoms with Gasteiger partial charge in [-0.3, -0.25) is 0 Å². The zero-order chi connectivity index (χ0) is 41.5. The number of allylic oxidation sites excluding steroid dienone is 2. The van der Waals surface area contributed by atoms with E-state index in [1.54, 1.807) is 0 Å². The minimum Gasteiger partial charge on any atom is -0.334 e. The van der Waals surface area contributed by atoms with Crippen molar-refractivity contribution in [1.82, 2.24) is 0 Å². The third-order valence-electron chi connectivity index (χ3n) is 11.8. The summed E-state index contributed by atoms with van der Waals surface area (Å²) in [5, 5.41) is 0. The van der Waals surface area contributed by atoms with Gasteiger partial charge in [0.25, 0.3) is 0 Å². The number of para-hydroxylation sites is 2. The molecular formula is C60H46N2. The second kappa shape index (κ2) is 17.7. The van der Waals surface area contributed by atoms with Gasteiger partial charge in [0, 0.05) is 28.4 Å². The van der Waals surface area contributed by atoms with E-state index in [4.69, 9.17) is 0 Å². The molecule has 9 aromatic rings. The molecule has 1 aliphatic carbocycles. The van der Waals surface area contributed by atoms with Gasteiger partial charge in [0.1, 0.15) is 0 Å². The molecule has 2 nitrogen and oxygen atoms in total. The van der Waals surface area contributed by atoms with Crippen LogP contribution >= 0.6 is 0 Å². The van der Waals surface area contributed by atoms with Gasteiger partial charge in [0.05, 0.1) is 6.04 Å². The first kappa shape index (κ1) is 38.3. The topological polar surface area (TPSA) is 6.48 Å². The van der Waals surface area contributed by atoms with Crippen molar-refractivity contribution in [1.29, 1.82) is 0 Å². The fourth-order valence-electron chi connectivity index (χ4n) is 8.60. The summed E-state index contributed by atoms with van der Waals surface area (Å²) >= 11 is 0. The van der Waals surface area contributed by atoms with E-state index in [0.717, 1.165) is 23.5 Å². The van der Waals surface area contributed by atoms with E-state index in [1.807, 2.05) is 0 Å². The minimum atomic E-state index is 0.190. The molecule has 2 heteroatoms. The van der Waals surface area contributed by atoms with Crippen LogP contribution in [0.25, 0.3) is 50.1 Å². The highest BCUT2D eigenvalue weighted by Gasteiger charge is 2.21. The Hall–Kier alpha value is -7.94. The van der Waals surface area contributed by atoms with Gasteiger partial charge in [0.15, 0.2) is 0 Å². The van der Waals surface area contributed by atoms with Crippen LogP contribution in [0.15, 0.2) is 261 Å². The average Bonchev–Trinajstić information content (AvgIpc) is 3.36. The van der Waals surface area contributed by atoms with Crippen LogP contribution in [-0.2, 0) is 0 Å². The Morgan fingerprint density at radius 2 is 0.629 bits per heavy atom. The lowest BCUT2D eigenvalue weighted by atomic mass is 9.92. The normalized spacial score (nSPS) is 13.3. The number of rotatable bonds is 11. The zero-order valence-electron chi connectivity index (χ0n) is 34.5. The van der Waals surface area contributed by atoms with E-state index in [0.29, 0.717) is 0 Å². The fourth-order valence-corrected chi connectivity index (χ4v) is 8.60. The third kappa shape index (κ3) is 8.28. The van der Waals surface area contributed by atoms with Crippen LogP contribution in [0.3, 0.4) is 0 Å². The molecule has 0 aliphatic heterocycles. The van der Waals surface area contributed by atoms with Gasteiger partial charge in [-0.25, -0.2) is 0 Å². The summed E-state index contributed by atoms with van der Waals surface area (Å²) in [6, 6.07) is 87.3. The third-order valence-corrected chi connectivity index (χ3v) is 11.8. The van der Waals surface area contributed by atoms with E-state index >= 15 is 0 Å². The van der Waals surface area contributed by atoms with Crippen molar-refractivity contribution in [3.8, 4) is 44.5 Å². The summed E-state index contributed by atoms with van der Waals surface area (Å²) in [5.74, 6) is 0. The summed E-state index contributed by atoms with van der Waals surface area (Å²) in [4.78, 5) is 4.77. The van der Waals surface area contributed by atoms with Crippen molar-refractivity contribution >= 4 is 34.0 Å². The Morgan fingerprint density at radius 3 is 1.11 bits per heavy atom. The van der Waals surface area contributed by atoms with Gasteiger partial charge in [0.2, 0.25) is 0 Å². The molecule has 0 fully saturated rings. The second-order valence-corrected chi connectivity index (χ2v) is 15.7. The zero-order valence-corrected chi connectivity index (χ0v) is 34.5. The summed E-state index contributed by atoms with van der Waals surface area (Å²) in [7, 11) is 0. The van der Waals surface area contributed by atoms with E-state index in [-0.39, 0.29) is 6.04 Å². The van der Waals surface area contributed by atoms with Gasteiger partial charge in [-0.05, 0) is 135 Å². The molecule has 1 aliphatic rings. The maximum absolute atomic E-state index is 2.45. The van der Waals surface area contributed by atoms with Crippen molar-refractivity contribution in [2.24, 2.45) is 0 Å². The van der Waals surface area contributed by atoms with Gasteiger partial charge in [-0.2, -0.15) is 0 Å². The molecule has 0 amide bonds. The van der Waals surface area contributed by atoms with Crippen molar-refractivity contribution in [3.05, 3.63) is 266 Å². The van der Waals surface area contributed by atoms with Crippen LogP contribution in [0, 0.1) is 0 Å². The standard InChI is InChI=1S/C60H46N2/c1-5-15-45(16-6-1)47-27-35-57(36-28-47)61(55-23-9-3-10-24-55)59-39-31-49(32-40-59)51-19-13-21-53(43-51)54-22-14-20-52(44-54)50-33-41-60(42-34-50)62(56-25-11-4-12-26-56)58-37-29-48(30-38-58)46-17-7-2-8-18-46/h1-41,43-44,60H,42H2. The van der Waals surface area contributed by atoms with E-state index in [2.05, 4.69) is 271 Å². The first-order valence-electron chi connectivity index (χ1n) is 21.4. The maximum Gasteiger partial charge on any atom is 0.0560 e. The first-order valence-corrected chi connectivity index (χ1v) is 21.4. The molecule has 0 spiro atoms. The quantitative estimate of drug-likeness (QED) is 0.129. The number of benzene rings is 9. The van der Waals surface area contributed by atoms with Crippen LogP contribution in [0.4, 0.5) is 28.4 Å². The molecule has 9 aromatic carbocycles. The Bertz CT molecular complexity index is 2940.